The minimum atomic E-state index is -2.19. The summed E-state index contributed by atoms with van der Waals surface area (Å²) in [6.45, 7) is 9.00. The monoisotopic (exact) mass is 561 g/mol. The van der Waals surface area contributed by atoms with Crippen LogP contribution in [0.3, 0.4) is 0 Å². The Morgan fingerprint density at radius 2 is 1.56 bits per heavy atom. The summed E-state index contributed by atoms with van der Waals surface area (Å²) in [7, 11) is 0. The van der Waals surface area contributed by atoms with Crippen LogP contribution in [0, 0.1) is 16.7 Å². The number of thiazole rings is 1. The third-order valence-electron chi connectivity index (χ3n) is 6.07. The van der Waals surface area contributed by atoms with Crippen LogP contribution < -0.4 is 21.3 Å². The van der Waals surface area contributed by atoms with E-state index in [0.717, 1.165) is 16.9 Å². The smallest absolute Gasteiger partial charge is 0.330 e. The number of anilines is 1. The number of carboxylic acid groups (broad SMARTS) is 2. The Morgan fingerprint density at radius 3 is 2.08 bits per heavy atom. The molecule has 212 valence electrons. The lowest BCUT2D eigenvalue weighted by Crippen LogP contribution is -2.71. The summed E-state index contributed by atoms with van der Waals surface area (Å²) < 4.78 is 0. The molecule has 39 heavy (non-hydrogen) atoms. The zero-order valence-corrected chi connectivity index (χ0v) is 23.6. The minimum absolute atomic E-state index is 0.0652. The lowest BCUT2D eigenvalue weighted by atomic mass is 9.58. The number of amides is 4. The first-order valence-electron chi connectivity index (χ1n) is 12.1. The number of carbonyl (C=O) groups is 5. The van der Waals surface area contributed by atoms with Gasteiger partial charge in [-0.1, -0.05) is 71.9 Å². The first-order valence-corrected chi connectivity index (χ1v) is 13.0. The van der Waals surface area contributed by atoms with Crippen molar-refractivity contribution >= 4 is 46.3 Å². The van der Waals surface area contributed by atoms with Gasteiger partial charge in [0.05, 0.1) is 12.5 Å². The standard InChI is InChI=1S/C26H35N5O7S/c1-24(2,3)18(20(34)35)26(21(36)37,25(4,5)6)31-17(32)13-27-19(33)16-14-39-23(29-16)30-22(38)28-12-15-10-8-7-9-11-15/h7-11,14,18H,12-13H2,1-6H3,(H,27,33)(H,31,32)(H,34,35)(H,36,37)(H2,28,29,30,38). The Bertz CT molecular complexity index is 1220. The van der Waals surface area contributed by atoms with Crippen LogP contribution in [-0.4, -0.2) is 57.1 Å². The van der Waals surface area contributed by atoms with Crippen molar-refractivity contribution in [1.82, 2.24) is 20.9 Å². The van der Waals surface area contributed by atoms with Crippen molar-refractivity contribution in [3.63, 3.8) is 0 Å². The number of hydrogen-bond acceptors (Lipinski definition) is 7. The van der Waals surface area contributed by atoms with Crippen LogP contribution in [0.15, 0.2) is 35.7 Å². The quantitative estimate of drug-likeness (QED) is 0.255. The van der Waals surface area contributed by atoms with Crippen LogP contribution in [0.25, 0.3) is 0 Å². The number of aliphatic carboxylic acids is 2. The maximum Gasteiger partial charge on any atom is 0.330 e. The van der Waals surface area contributed by atoms with Crippen LogP contribution in [0.2, 0.25) is 0 Å². The summed E-state index contributed by atoms with van der Waals surface area (Å²) in [5.74, 6) is -5.99. The molecule has 0 radical (unpaired) electrons. The summed E-state index contributed by atoms with van der Waals surface area (Å²) in [6, 6.07) is 8.76. The first-order chi connectivity index (χ1) is 18.0. The normalized spacial score (nSPS) is 13.9. The van der Waals surface area contributed by atoms with Crippen molar-refractivity contribution in [2.45, 2.75) is 53.6 Å². The van der Waals surface area contributed by atoms with Crippen molar-refractivity contribution in [2.24, 2.45) is 16.7 Å². The molecule has 13 heteroatoms. The molecule has 4 amide bonds. The van der Waals surface area contributed by atoms with E-state index in [9.17, 15) is 34.2 Å². The topological polar surface area (TPSA) is 187 Å². The van der Waals surface area contributed by atoms with Gasteiger partial charge in [-0.25, -0.2) is 14.6 Å². The van der Waals surface area contributed by atoms with Gasteiger partial charge in [-0.15, -0.1) is 11.3 Å². The van der Waals surface area contributed by atoms with Gasteiger partial charge in [0.1, 0.15) is 5.69 Å². The van der Waals surface area contributed by atoms with Crippen LogP contribution in [0.5, 0.6) is 0 Å². The van der Waals surface area contributed by atoms with E-state index in [1.54, 1.807) is 20.8 Å². The highest BCUT2D eigenvalue weighted by atomic mass is 32.1. The van der Waals surface area contributed by atoms with E-state index in [1.807, 2.05) is 30.3 Å². The van der Waals surface area contributed by atoms with Crippen molar-refractivity contribution < 1.29 is 34.2 Å². The summed E-state index contributed by atoms with van der Waals surface area (Å²) in [5, 5.41) is 31.7. The van der Waals surface area contributed by atoms with Gasteiger partial charge >= 0.3 is 18.0 Å². The van der Waals surface area contributed by atoms with Crippen LogP contribution in [0.1, 0.15) is 57.6 Å². The predicted molar refractivity (Wildman–Crippen MR) is 145 cm³/mol. The van der Waals surface area contributed by atoms with Crippen molar-refractivity contribution in [3.8, 4) is 0 Å². The molecule has 1 aromatic heterocycles. The number of aromatic nitrogens is 1. The summed E-state index contributed by atoms with van der Waals surface area (Å²) in [4.78, 5) is 66.4. The van der Waals surface area contributed by atoms with E-state index in [4.69, 9.17) is 0 Å². The van der Waals surface area contributed by atoms with E-state index in [2.05, 4.69) is 26.3 Å². The van der Waals surface area contributed by atoms with E-state index in [1.165, 1.54) is 26.2 Å². The van der Waals surface area contributed by atoms with Gasteiger partial charge in [-0.05, 0) is 16.4 Å². The summed E-state index contributed by atoms with van der Waals surface area (Å²) in [6.07, 6.45) is 0. The molecule has 0 fully saturated rings. The van der Waals surface area contributed by atoms with E-state index in [-0.39, 0.29) is 10.8 Å². The molecule has 12 nitrogen and oxygen atoms in total. The second-order valence-corrected chi connectivity index (χ2v) is 11.9. The fraction of sp³-hybridized carbons (Fsp3) is 0.462. The molecular weight excluding hydrogens is 526 g/mol. The Morgan fingerprint density at radius 1 is 0.949 bits per heavy atom. The fourth-order valence-electron chi connectivity index (χ4n) is 4.27. The Balaban J connectivity index is 2.06. The highest BCUT2D eigenvalue weighted by Crippen LogP contribution is 2.45. The molecule has 6 N–H and O–H groups in total. The highest BCUT2D eigenvalue weighted by molar-refractivity contribution is 7.14. The molecule has 2 aromatic rings. The fourth-order valence-corrected chi connectivity index (χ4v) is 4.95. The maximum absolute atomic E-state index is 12.9. The zero-order valence-electron chi connectivity index (χ0n) is 22.7. The van der Waals surface area contributed by atoms with Gasteiger partial charge in [0.15, 0.2) is 10.7 Å². The molecular formula is C26H35N5O7S. The largest absolute Gasteiger partial charge is 0.481 e. The Labute approximate surface area is 230 Å². The number of nitrogens with zero attached hydrogens (tertiary/aromatic N) is 1. The van der Waals surface area contributed by atoms with Gasteiger partial charge in [-0.3, -0.25) is 19.7 Å². The van der Waals surface area contributed by atoms with Gasteiger partial charge in [0.25, 0.3) is 5.91 Å². The lowest BCUT2D eigenvalue weighted by Gasteiger charge is -2.49. The molecule has 0 saturated heterocycles. The molecule has 2 atom stereocenters. The van der Waals surface area contributed by atoms with Crippen molar-refractivity contribution in [2.75, 3.05) is 11.9 Å². The molecule has 2 rings (SSSR count). The molecule has 0 saturated carbocycles. The number of nitrogens with one attached hydrogen (secondary N) is 4. The van der Waals surface area contributed by atoms with E-state index >= 15 is 0 Å². The molecule has 0 aliphatic carbocycles. The number of carbonyl (C=O) groups excluding carboxylic acids is 3. The second kappa shape index (κ2) is 12.2. The van der Waals surface area contributed by atoms with Gasteiger partial charge in [0, 0.05) is 11.9 Å². The average molecular weight is 562 g/mol. The van der Waals surface area contributed by atoms with Crippen LogP contribution in [0.4, 0.5) is 9.93 Å². The van der Waals surface area contributed by atoms with Crippen LogP contribution in [-0.2, 0) is 20.9 Å². The summed E-state index contributed by atoms with van der Waals surface area (Å²) >= 11 is 1.00. The number of urea groups is 1. The van der Waals surface area contributed by atoms with E-state index in [0.29, 0.717) is 6.54 Å². The molecule has 1 heterocycles. The molecule has 0 bridgehead atoms. The van der Waals surface area contributed by atoms with Gasteiger partial charge in [0.2, 0.25) is 5.91 Å². The second-order valence-electron chi connectivity index (χ2n) is 11.1. The number of benzene rings is 1. The molecule has 1 aromatic carbocycles. The molecule has 0 aliphatic rings. The SMILES string of the molecule is CC(C)(C)C(C(=O)O)C(NC(=O)CNC(=O)c1csc(NC(=O)NCc2ccccc2)n1)(C(=O)O)C(C)(C)C. The van der Waals surface area contributed by atoms with Gasteiger partial charge in [-0.2, -0.15) is 0 Å². The number of hydrogen-bond donors (Lipinski definition) is 6. The highest BCUT2D eigenvalue weighted by Gasteiger charge is 2.61. The molecule has 0 aliphatic heterocycles. The van der Waals surface area contributed by atoms with Crippen molar-refractivity contribution in [3.05, 3.63) is 47.0 Å². The lowest BCUT2D eigenvalue weighted by molar-refractivity contribution is -0.172. The first kappa shape index (κ1) is 31.2. The third kappa shape index (κ3) is 7.76. The Kier molecular flexibility index (Phi) is 9.80. The number of rotatable bonds is 10. The minimum Gasteiger partial charge on any atom is -0.481 e. The predicted octanol–water partition coefficient (Wildman–Crippen LogP) is 2.93. The number of carboxylic acids is 2. The average Bonchev–Trinajstić information content (AvgIpc) is 3.27. The van der Waals surface area contributed by atoms with E-state index < -0.39 is 58.6 Å². The van der Waals surface area contributed by atoms with Gasteiger partial charge < -0.3 is 26.2 Å². The third-order valence-corrected chi connectivity index (χ3v) is 6.82. The summed E-state index contributed by atoms with van der Waals surface area (Å²) in [5.41, 5.74) is -3.61. The zero-order chi connectivity index (χ0) is 29.6. The Hall–Kier alpha value is -4.00. The molecule has 0 spiro atoms. The van der Waals surface area contributed by atoms with Crippen molar-refractivity contribution in [1.29, 1.82) is 0 Å². The molecule has 2 unspecified atom stereocenters. The van der Waals surface area contributed by atoms with Crippen LogP contribution >= 0.6 is 11.3 Å². The maximum atomic E-state index is 12.9.